The molecule has 1 saturated heterocycles. The van der Waals surface area contributed by atoms with E-state index in [2.05, 4.69) is 11.8 Å². The highest BCUT2D eigenvalue weighted by molar-refractivity contribution is 7.89. The molecule has 1 fully saturated rings. The van der Waals surface area contributed by atoms with Gasteiger partial charge in [-0.25, -0.2) is 8.42 Å². The highest BCUT2D eigenvalue weighted by Gasteiger charge is 2.32. The summed E-state index contributed by atoms with van der Waals surface area (Å²) >= 11 is 0. The number of nitrogens with two attached hydrogens (primary N) is 1. The van der Waals surface area contributed by atoms with Gasteiger partial charge in [-0.1, -0.05) is 11.8 Å². The van der Waals surface area contributed by atoms with Crippen LogP contribution in [0.2, 0.25) is 0 Å². The monoisotopic (exact) mass is 278 g/mol. The molecule has 0 aliphatic carbocycles. The SMILES string of the molecule is CC1CCCN1S(=O)(=O)c1ccc(C#CCN)cc1. The Bertz CT molecular complexity index is 597. The summed E-state index contributed by atoms with van der Waals surface area (Å²) in [6.45, 7) is 2.86. The standard InChI is InChI=1S/C14H18N2O2S/c1-12-4-3-11-16(12)19(17,18)14-8-6-13(7-9-14)5-2-10-15/h6-9,12H,3-4,10-11,15H2,1H3. The highest BCUT2D eigenvalue weighted by atomic mass is 32.2. The molecule has 5 heteroatoms. The minimum atomic E-state index is -3.36. The van der Waals surface area contributed by atoms with E-state index < -0.39 is 10.0 Å². The van der Waals surface area contributed by atoms with Gasteiger partial charge in [0.1, 0.15) is 0 Å². The lowest BCUT2D eigenvalue weighted by Crippen LogP contribution is -2.33. The summed E-state index contributed by atoms with van der Waals surface area (Å²) in [4.78, 5) is 0.333. The number of hydrogen-bond donors (Lipinski definition) is 1. The lowest BCUT2D eigenvalue weighted by molar-refractivity contribution is 0.408. The van der Waals surface area contributed by atoms with Crippen LogP contribution < -0.4 is 5.73 Å². The van der Waals surface area contributed by atoms with Crippen molar-refractivity contribution in [1.29, 1.82) is 0 Å². The summed E-state index contributed by atoms with van der Waals surface area (Å²) in [6, 6.07) is 6.75. The van der Waals surface area contributed by atoms with Crippen molar-refractivity contribution in [3.8, 4) is 11.8 Å². The van der Waals surface area contributed by atoms with E-state index in [1.165, 1.54) is 0 Å². The first-order valence-electron chi connectivity index (χ1n) is 6.36. The maximum absolute atomic E-state index is 12.4. The Morgan fingerprint density at radius 2 is 2.05 bits per heavy atom. The van der Waals surface area contributed by atoms with Gasteiger partial charge in [0.25, 0.3) is 0 Å². The first-order chi connectivity index (χ1) is 9.05. The molecule has 19 heavy (non-hydrogen) atoms. The fourth-order valence-corrected chi connectivity index (χ4v) is 3.96. The first-order valence-corrected chi connectivity index (χ1v) is 7.80. The number of rotatable bonds is 2. The van der Waals surface area contributed by atoms with E-state index in [1.807, 2.05) is 6.92 Å². The minimum absolute atomic E-state index is 0.0849. The van der Waals surface area contributed by atoms with Gasteiger partial charge in [-0.15, -0.1) is 0 Å². The van der Waals surface area contributed by atoms with E-state index in [-0.39, 0.29) is 6.04 Å². The summed E-state index contributed by atoms with van der Waals surface area (Å²) < 4.78 is 26.5. The smallest absolute Gasteiger partial charge is 0.243 e. The third kappa shape index (κ3) is 2.98. The van der Waals surface area contributed by atoms with Gasteiger partial charge in [0.05, 0.1) is 11.4 Å². The summed E-state index contributed by atoms with van der Waals surface area (Å²) in [7, 11) is -3.36. The van der Waals surface area contributed by atoms with Gasteiger partial charge in [0.15, 0.2) is 0 Å². The second kappa shape index (κ2) is 5.74. The fourth-order valence-electron chi connectivity index (χ4n) is 2.26. The van der Waals surface area contributed by atoms with Crippen LogP contribution in [0.5, 0.6) is 0 Å². The molecule has 102 valence electrons. The van der Waals surface area contributed by atoms with Crippen LogP contribution in [0.15, 0.2) is 29.2 Å². The molecule has 1 unspecified atom stereocenters. The average molecular weight is 278 g/mol. The van der Waals surface area contributed by atoms with Gasteiger partial charge >= 0.3 is 0 Å². The quantitative estimate of drug-likeness (QED) is 0.826. The molecule has 4 nitrogen and oxygen atoms in total. The van der Waals surface area contributed by atoms with Gasteiger partial charge in [0, 0.05) is 18.2 Å². The van der Waals surface area contributed by atoms with Crippen molar-refractivity contribution in [2.24, 2.45) is 5.73 Å². The minimum Gasteiger partial charge on any atom is -0.320 e. The molecule has 0 bridgehead atoms. The molecular formula is C14H18N2O2S. The van der Waals surface area contributed by atoms with Crippen LogP contribution >= 0.6 is 0 Å². The molecule has 2 rings (SSSR count). The van der Waals surface area contributed by atoms with Gasteiger partial charge in [-0.05, 0) is 44.0 Å². The molecular weight excluding hydrogens is 260 g/mol. The lowest BCUT2D eigenvalue weighted by Gasteiger charge is -2.20. The molecule has 0 amide bonds. The average Bonchev–Trinajstić information content (AvgIpc) is 2.84. The zero-order valence-corrected chi connectivity index (χ0v) is 11.8. The third-order valence-corrected chi connectivity index (χ3v) is 5.32. The van der Waals surface area contributed by atoms with Crippen molar-refractivity contribution in [2.75, 3.05) is 13.1 Å². The van der Waals surface area contributed by atoms with Crippen molar-refractivity contribution >= 4 is 10.0 Å². The molecule has 1 aromatic carbocycles. The molecule has 1 aliphatic rings. The largest absolute Gasteiger partial charge is 0.320 e. The Labute approximate surface area is 114 Å². The van der Waals surface area contributed by atoms with Gasteiger partial charge in [0.2, 0.25) is 10.0 Å². The Hall–Kier alpha value is -1.35. The van der Waals surface area contributed by atoms with Crippen molar-refractivity contribution in [3.05, 3.63) is 29.8 Å². The van der Waals surface area contributed by atoms with Crippen LogP contribution in [-0.4, -0.2) is 31.9 Å². The summed E-state index contributed by atoms with van der Waals surface area (Å²) in [6.07, 6.45) is 1.86. The van der Waals surface area contributed by atoms with E-state index in [0.29, 0.717) is 18.0 Å². The van der Waals surface area contributed by atoms with Crippen LogP contribution in [0, 0.1) is 11.8 Å². The predicted molar refractivity (Wildman–Crippen MR) is 75.0 cm³/mol. The molecule has 0 radical (unpaired) electrons. The number of sulfonamides is 1. The molecule has 2 N–H and O–H groups in total. The zero-order valence-electron chi connectivity index (χ0n) is 11.0. The lowest BCUT2D eigenvalue weighted by atomic mass is 10.2. The fraction of sp³-hybridized carbons (Fsp3) is 0.429. The van der Waals surface area contributed by atoms with Crippen LogP contribution in [-0.2, 0) is 10.0 Å². The molecule has 0 saturated carbocycles. The van der Waals surface area contributed by atoms with Crippen LogP contribution in [0.1, 0.15) is 25.3 Å². The molecule has 1 heterocycles. The van der Waals surface area contributed by atoms with Crippen LogP contribution in [0.25, 0.3) is 0 Å². The third-order valence-electron chi connectivity index (χ3n) is 3.29. The van der Waals surface area contributed by atoms with Crippen molar-refractivity contribution < 1.29 is 8.42 Å². The molecule has 0 spiro atoms. The Morgan fingerprint density at radius 3 is 2.58 bits per heavy atom. The molecule has 1 aromatic rings. The van der Waals surface area contributed by atoms with Crippen LogP contribution in [0.3, 0.4) is 0 Å². The highest BCUT2D eigenvalue weighted by Crippen LogP contribution is 2.25. The maximum Gasteiger partial charge on any atom is 0.243 e. The van der Waals surface area contributed by atoms with Crippen LogP contribution in [0.4, 0.5) is 0 Å². The number of benzene rings is 1. The van der Waals surface area contributed by atoms with E-state index in [0.717, 1.165) is 18.4 Å². The van der Waals surface area contributed by atoms with Crippen molar-refractivity contribution in [3.63, 3.8) is 0 Å². The van der Waals surface area contributed by atoms with Crippen molar-refractivity contribution in [2.45, 2.75) is 30.7 Å². The topological polar surface area (TPSA) is 63.4 Å². The predicted octanol–water partition coefficient (Wildman–Crippen LogP) is 1.17. The summed E-state index contributed by atoms with van der Waals surface area (Å²) in [5, 5.41) is 0. The van der Waals surface area contributed by atoms with Gasteiger partial charge in [-0.2, -0.15) is 4.31 Å². The number of hydrogen-bond acceptors (Lipinski definition) is 3. The maximum atomic E-state index is 12.4. The zero-order chi connectivity index (χ0) is 13.9. The summed E-state index contributed by atoms with van der Waals surface area (Å²) in [5.74, 6) is 5.62. The normalized spacial score (nSPS) is 20.0. The Morgan fingerprint density at radius 1 is 1.37 bits per heavy atom. The van der Waals surface area contributed by atoms with E-state index >= 15 is 0 Å². The number of nitrogens with zero attached hydrogens (tertiary/aromatic N) is 1. The van der Waals surface area contributed by atoms with E-state index in [4.69, 9.17) is 5.73 Å². The second-order valence-electron chi connectivity index (χ2n) is 4.64. The molecule has 1 aliphatic heterocycles. The molecule has 0 aromatic heterocycles. The van der Waals surface area contributed by atoms with Gasteiger partial charge < -0.3 is 5.73 Å². The Kier molecular flexibility index (Phi) is 4.25. The van der Waals surface area contributed by atoms with E-state index in [9.17, 15) is 8.42 Å². The second-order valence-corrected chi connectivity index (χ2v) is 6.53. The van der Waals surface area contributed by atoms with E-state index in [1.54, 1.807) is 28.6 Å². The first kappa shape index (κ1) is 14.1. The Balaban J connectivity index is 2.26. The summed E-state index contributed by atoms with van der Waals surface area (Å²) in [5.41, 5.74) is 6.07. The van der Waals surface area contributed by atoms with Gasteiger partial charge in [-0.3, -0.25) is 0 Å². The van der Waals surface area contributed by atoms with Crippen molar-refractivity contribution in [1.82, 2.24) is 4.31 Å². The molecule has 1 atom stereocenters.